The predicted octanol–water partition coefficient (Wildman–Crippen LogP) is 1.85. The molecule has 0 bridgehead atoms. The minimum atomic E-state index is -2.87. The molecule has 0 amide bonds. The first-order chi connectivity index (χ1) is 8.11. The number of sulfone groups is 1. The van der Waals surface area contributed by atoms with E-state index < -0.39 is 9.84 Å². The number of likely N-dealkylation sites (N-methyl/N-ethyl adjacent to an activating group) is 1. The minimum absolute atomic E-state index is 0.0344. The summed E-state index contributed by atoms with van der Waals surface area (Å²) in [4.78, 5) is 0. The second-order valence-corrected chi connectivity index (χ2v) is 8.22. The van der Waals surface area contributed by atoms with Crippen LogP contribution in [0.4, 0.5) is 0 Å². The lowest BCUT2D eigenvalue weighted by atomic mass is 9.83. The van der Waals surface area contributed by atoms with Gasteiger partial charge in [0, 0.05) is 25.2 Å². The highest BCUT2D eigenvalue weighted by atomic mass is 32.2. The second-order valence-electron chi connectivity index (χ2n) is 5.96. The molecule has 0 aromatic rings. The summed E-state index contributed by atoms with van der Waals surface area (Å²) in [5.41, 5.74) is 0.0344. The third-order valence-electron chi connectivity index (χ3n) is 2.97. The third kappa shape index (κ3) is 7.34. The number of methoxy groups -OCH3 is 1. The van der Waals surface area contributed by atoms with Gasteiger partial charge in [-0.2, -0.15) is 0 Å². The Kier molecular flexibility index (Phi) is 7.40. The third-order valence-corrected chi connectivity index (χ3v) is 4.00. The maximum Gasteiger partial charge on any atom is 0.147 e. The zero-order valence-electron chi connectivity index (χ0n) is 12.6. The Bertz CT molecular complexity index is 320. The van der Waals surface area contributed by atoms with E-state index in [2.05, 4.69) is 33.0 Å². The van der Waals surface area contributed by atoms with Gasteiger partial charge in [0.1, 0.15) is 9.84 Å². The fourth-order valence-corrected chi connectivity index (χ4v) is 3.00. The maximum atomic E-state index is 11.2. The molecular formula is C13H29NO3S. The molecule has 1 N–H and O–H groups in total. The van der Waals surface area contributed by atoms with Crippen molar-refractivity contribution in [1.82, 2.24) is 5.32 Å². The molecule has 2 unspecified atom stereocenters. The van der Waals surface area contributed by atoms with E-state index in [9.17, 15) is 8.42 Å². The molecule has 0 rings (SSSR count). The van der Waals surface area contributed by atoms with Crippen molar-refractivity contribution in [2.75, 3.05) is 25.7 Å². The summed E-state index contributed by atoms with van der Waals surface area (Å²) in [6.07, 6.45) is 2.85. The molecule has 0 saturated carbocycles. The number of hydrogen-bond donors (Lipinski definition) is 1. The summed E-state index contributed by atoms with van der Waals surface area (Å²) in [7, 11) is -1.15. The largest absolute Gasteiger partial charge is 0.379 e. The van der Waals surface area contributed by atoms with Crippen molar-refractivity contribution in [1.29, 1.82) is 0 Å². The average molecular weight is 279 g/mol. The van der Waals surface area contributed by atoms with Gasteiger partial charge in [-0.3, -0.25) is 0 Å². The van der Waals surface area contributed by atoms with Gasteiger partial charge in [-0.1, -0.05) is 27.7 Å². The smallest absolute Gasteiger partial charge is 0.147 e. The van der Waals surface area contributed by atoms with E-state index >= 15 is 0 Å². The van der Waals surface area contributed by atoms with Gasteiger partial charge in [0.2, 0.25) is 0 Å². The van der Waals surface area contributed by atoms with Crippen molar-refractivity contribution in [3.05, 3.63) is 0 Å². The van der Waals surface area contributed by atoms with Crippen LogP contribution < -0.4 is 5.32 Å². The standard InChI is InChI=1S/C13H29NO3S/c1-7-14-11(9-8-10-18(6,15)16)12(17-5)13(2,3)4/h11-12,14H,7-10H2,1-6H3. The average Bonchev–Trinajstić information content (AvgIpc) is 2.14. The summed E-state index contributed by atoms with van der Waals surface area (Å²) in [6.45, 7) is 9.34. The van der Waals surface area contributed by atoms with Crippen LogP contribution in [0, 0.1) is 5.41 Å². The van der Waals surface area contributed by atoms with Crippen molar-refractivity contribution in [3.8, 4) is 0 Å². The Hall–Kier alpha value is -0.130. The normalized spacial score (nSPS) is 16.6. The number of rotatable bonds is 8. The summed E-state index contributed by atoms with van der Waals surface area (Å²) >= 11 is 0. The number of hydrogen-bond acceptors (Lipinski definition) is 4. The molecule has 0 radical (unpaired) electrons. The summed E-state index contributed by atoms with van der Waals surface area (Å²) < 4.78 is 27.9. The Morgan fingerprint density at radius 1 is 1.28 bits per heavy atom. The zero-order valence-corrected chi connectivity index (χ0v) is 13.4. The van der Waals surface area contributed by atoms with Gasteiger partial charge in [0.15, 0.2) is 0 Å². The first-order valence-corrected chi connectivity index (χ1v) is 8.61. The molecular weight excluding hydrogens is 250 g/mol. The van der Waals surface area contributed by atoms with Crippen LogP contribution in [-0.4, -0.2) is 46.2 Å². The first kappa shape index (κ1) is 17.9. The van der Waals surface area contributed by atoms with Crippen molar-refractivity contribution in [2.45, 2.75) is 52.7 Å². The first-order valence-electron chi connectivity index (χ1n) is 6.55. The quantitative estimate of drug-likeness (QED) is 0.737. The monoisotopic (exact) mass is 279 g/mol. The van der Waals surface area contributed by atoms with Gasteiger partial charge in [-0.15, -0.1) is 0 Å². The lowest BCUT2D eigenvalue weighted by Crippen LogP contribution is -2.47. The van der Waals surface area contributed by atoms with E-state index in [1.54, 1.807) is 7.11 Å². The zero-order chi connectivity index (χ0) is 14.4. The predicted molar refractivity (Wildman–Crippen MR) is 76.7 cm³/mol. The van der Waals surface area contributed by atoms with Crippen LogP contribution in [0.2, 0.25) is 0 Å². The molecule has 0 aromatic carbocycles. The van der Waals surface area contributed by atoms with Gasteiger partial charge in [-0.05, 0) is 24.8 Å². The minimum Gasteiger partial charge on any atom is -0.379 e. The maximum absolute atomic E-state index is 11.2. The number of ether oxygens (including phenoxy) is 1. The molecule has 5 heteroatoms. The summed E-state index contributed by atoms with van der Waals surface area (Å²) in [5.74, 6) is 0.246. The highest BCUT2D eigenvalue weighted by Crippen LogP contribution is 2.26. The molecule has 2 atom stereocenters. The highest BCUT2D eigenvalue weighted by molar-refractivity contribution is 7.90. The van der Waals surface area contributed by atoms with Crippen LogP contribution in [0.5, 0.6) is 0 Å². The molecule has 0 aliphatic heterocycles. The van der Waals surface area contributed by atoms with Crippen LogP contribution in [0.15, 0.2) is 0 Å². The number of nitrogens with one attached hydrogen (secondary N) is 1. The Morgan fingerprint density at radius 3 is 2.17 bits per heavy atom. The Balaban J connectivity index is 4.54. The molecule has 0 saturated heterocycles. The Labute approximate surface area is 112 Å². The van der Waals surface area contributed by atoms with Gasteiger partial charge >= 0.3 is 0 Å². The molecule has 110 valence electrons. The van der Waals surface area contributed by atoms with E-state index in [4.69, 9.17) is 4.74 Å². The fraction of sp³-hybridized carbons (Fsp3) is 1.00. The molecule has 0 heterocycles. The van der Waals surface area contributed by atoms with Crippen LogP contribution in [0.3, 0.4) is 0 Å². The molecule has 0 aromatic heterocycles. The van der Waals surface area contributed by atoms with E-state index in [0.717, 1.165) is 13.0 Å². The summed E-state index contributed by atoms with van der Waals surface area (Å²) in [6, 6.07) is 0.196. The van der Waals surface area contributed by atoms with Gasteiger partial charge in [0.25, 0.3) is 0 Å². The van der Waals surface area contributed by atoms with E-state index in [-0.39, 0.29) is 23.3 Å². The van der Waals surface area contributed by atoms with Crippen LogP contribution >= 0.6 is 0 Å². The van der Waals surface area contributed by atoms with E-state index in [1.165, 1.54) is 6.26 Å². The highest BCUT2D eigenvalue weighted by Gasteiger charge is 2.31. The Morgan fingerprint density at radius 2 is 1.83 bits per heavy atom. The fourth-order valence-electron chi connectivity index (χ4n) is 2.31. The molecule has 4 nitrogen and oxygen atoms in total. The SMILES string of the molecule is CCNC(CCCS(C)(=O)=O)C(OC)C(C)(C)C. The van der Waals surface area contributed by atoms with Gasteiger partial charge in [-0.25, -0.2) is 8.42 Å². The molecule has 0 aliphatic carbocycles. The van der Waals surface area contributed by atoms with Crippen LogP contribution in [-0.2, 0) is 14.6 Å². The van der Waals surface area contributed by atoms with Gasteiger partial charge in [0.05, 0.1) is 6.10 Å². The van der Waals surface area contributed by atoms with Gasteiger partial charge < -0.3 is 10.1 Å². The van der Waals surface area contributed by atoms with Crippen molar-refractivity contribution in [3.63, 3.8) is 0 Å². The molecule has 0 spiro atoms. The molecule has 0 fully saturated rings. The lowest BCUT2D eigenvalue weighted by Gasteiger charge is -2.36. The van der Waals surface area contributed by atoms with E-state index in [1.807, 2.05) is 0 Å². The van der Waals surface area contributed by atoms with Crippen LogP contribution in [0.25, 0.3) is 0 Å². The summed E-state index contributed by atoms with van der Waals surface area (Å²) in [5, 5.41) is 3.41. The molecule has 18 heavy (non-hydrogen) atoms. The van der Waals surface area contributed by atoms with Crippen molar-refractivity contribution in [2.24, 2.45) is 5.41 Å². The molecule has 0 aliphatic rings. The second kappa shape index (κ2) is 7.46. The lowest BCUT2D eigenvalue weighted by molar-refractivity contribution is -0.0128. The topological polar surface area (TPSA) is 55.4 Å². The van der Waals surface area contributed by atoms with Crippen molar-refractivity contribution < 1.29 is 13.2 Å². The van der Waals surface area contributed by atoms with Crippen molar-refractivity contribution >= 4 is 9.84 Å². The van der Waals surface area contributed by atoms with E-state index in [0.29, 0.717) is 6.42 Å². The van der Waals surface area contributed by atoms with Crippen LogP contribution in [0.1, 0.15) is 40.5 Å².